The van der Waals surface area contributed by atoms with E-state index >= 15 is 0 Å². The molecular weight excluding hydrogens is 327 g/mol. The van der Waals surface area contributed by atoms with Crippen LogP contribution in [-0.2, 0) is 9.59 Å². The van der Waals surface area contributed by atoms with Gasteiger partial charge >= 0.3 is 41.5 Å². The Morgan fingerprint density at radius 3 is 1.00 bits per heavy atom. The molecule has 0 aromatic carbocycles. The molecule has 0 saturated carbocycles. The van der Waals surface area contributed by atoms with Gasteiger partial charge in [0.1, 0.15) is 0 Å². The van der Waals surface area contributed by atoms with Crippen molar-refractivity contribution in [3.05, 3.63) is 0 Å². The first-order valence-electron chi connectivity index (χ1n) is 9.98. The summed E-state index contributed by atoms with van der Waals surface area (Å²) in [7, 11) is 0. The molecule has 0 heterocycles. The third kappa shape index (κ3) is 35.8. The summed E-state index contributed by atoms with van der Waals surface area (Å²) in [6.45, 7) is 4.40. The van der Waals surface area contributed by atoms with Gasteiger partial charge in [0, 0.05) is 12.8 Å². The Bertz CT molecular complexity index is 255. The van der Waals surface area contributed by atoms with Crippen LogP contribution in [-0.4, -0.2) is 51.7 Å². The Balaban J connectivity index is -0.000000372. The fraction of sp³-hybridized carbons (Fsp3) is 0.900. The second-order valence-electron chi connectivity index (χ2n) is 6.53. The van der Waals surface area contributed by atoms with Gasteiger partial charge in [-0.2, -0.15) is 0 Å². The molecule has 0 aliphatic carbocycles. The summed E-state index contributed by atoms with van der Waals surface area (Å²) in [5.74, 6) is -1.33. The monoisotopic (exact) mass is 368 g/mol. The predicted molar refractivity (Wildman–Crippen MR) is 108 cm³/mol. The minimum atomic E-state index is -0.663. The van der Waals surface area contributed by atoms with Crippen molar-refractivity contribution >= 4 is 41.5 Å². The van der Waals surface area contributed by atoms with Gasteiger partial charge in [0.05, 0.1) is 0 Å². The van der Waals surface area contributed by atoms with Crippen LogP contribution in [0.3, 0.4) is 0 Å². The number of unbranched alkanes of at least 4 members (excludes halogenated alkanes) is 12. The Morgan fingerprint density at radius 1 is 0.520 bits per heavy atom. The number of hydrogen-bond donors (Lipinski definition) is 2. The van der Waals surface area contributed by atoms with Gasteiger partial charge in [-0.05, 0) is 12.8 Å². The van der Waals surface area contributed by atoms with Crippen LogP contribution >= 0.6 is 0 Å². The van der Waals surface area contributed by atoms with E-state index in [0.717, 1.165) is 25.7 Å². The van der Waals surface area contributed by atoms with Gasteiger partial charge in [-0.15, -0.1) is 0 Å². The van der Waals surface area contributed by atoms with Crippen molar-refractivity contribution < 1.29 is 19.8 Å². The van der Waals surface area contributed by atoms with Crippen molar-refractivity contribution in [1.29, 1.82) is 0 Å². The Hall–Kier alpha value is -0.0600. The molecule has 0 unspecified atom stereocenters. The SMILES string of the molecule is CCCCCCCCCC(=O)O.CCCCCCCCCC(=O)O.[NaH]. The molecule has 0 saturated heterocycles. The van der Waals surface area contributed by atoms with Crippen molar-refractivity contribution in [1.82, 2.24) is 0 Å². The molecule has 0 rings (SSSR count). The van der Waals surface area contributed by atoms with Gasteiger partial charge in [0.25, 0.3) is 0 Å². The van der Waals surface area contributed by atoms with Crippen LogP contribution in [0, 0.1) is 0 Å². The van der Waals surface area contributed by atoms with E-state index in [-0.39, 0.29) is 29.6 Å². The van der Waals surface area contributed by atoms with Gasteiger partial charge in [-0.3, -0.25) is 9.59 Å². The molecule has 0 fully saturated rings. The normalized spacial score (nSPS) is 9.68. The van der Waals surface area contributed by atoms with Crippen LogP contribution < -0.4 is 0 Å². The molecule has 25 heavy (non-hydrogen) atoms. The Kier molecular flexibility index (Phi) is 31.1. The van der Waals surface area contributed by atoms with E-state index in [1.165, 1.54) is 64.2 Å². The molecule has 0 spiro atoms. The van der Waals surface area contributed by atoms with Crippen LogP contribution in [0.5, 0.6) is 0 Å². The van der Waals surface area contributed by atoms with E-state index in [1.807, 2.05) is 0 Å². The topological polar surface area (TPSA) is 74.6 Å². The molecule has 0 atom stereocenters. The van der Waals surface area contributed by atoms with Crippen molar-refractivity contribution in [3.63, 3.8) is 0 Å². The summed E-state index contributed by atoms with van der Waals surface area (Å²) >= 11 is 0. The average molecular weight is 369 g/mol. The van der Waals surface area contributed by atoms with Gasteiger partial charge in [-0.1, -0.05) is 90.9 Å². The molecule has 0 aromatic rings. The second-order valence-corrected chi connectivity index (χ2v) is 6.53. The van der Waals surface area contributed by atoms with E-state index in [2.05, 4.69) is 13.8 Å². The van der Waals surface area contributed by atoms with Gasteiger partial charge < -0.3 is 10.2 Å². The van der Waals surface area contributed by atoms with E-state index in [4.69, 9.17) is 10.2 Å². The quantitative estimate of drug-likeness (QED) is 0.268. The zero-order valence-corrected chi connectivity index (χ0v) is 16.0. The summed E-state index contributed by atoms with van der Waals surface area (Å²) in [6, 6.07) is 0. The number of rotatable bonds is 16. The van der Waals surface area contributed by atoms with Crippen LogP contribution in [0.15, 0.2) is 0 Å². The second kappa shape index (κ2) is 26.2. The van der Waals surface area contributed by atoms with E-state index < -0.39 is 11.9 Å². The molecule has 0 aliphatic heterocycles. The Labute approximate surface area is 177 Å². The van der Waals surface area contributed by atoms with E-state index in [9.17, 15) is 9.59 Å². The number of carboxylic acid groups (broad SMARTS) is 2. The molecule has 0 bridgehead atoms. The first-order valence-corrected chi connectivity index (χ1v) is 9.98. The van der Waals surface area contributed by atoms with Crippen LogP contribution in [0.1, 0.15) is 117 Å². The number of aliphatic carboxylic acids is 2. The first-order chi connectivity index (χ1) is 11.5. The minimum absolute atomic E-state index is 0. The molecule has 0 aliphatic rings. The number of carboxylic acids is 2. The third-order valence-corrected chi connectivity index (χ3v) is 3.99. The summed E-state index contributed by atoms with van der Waals surface area (Å²) in [4.78, 5) is 20.3. The molecule has 5 heteroatoms. The summed E-state index contributed by atoms with van der Waals surface area (Å²) < 4.78 is 0. The molecular formula is C20H41NaO4. The zero-order chi connectivity index (χ0) is 18.5. The summed E-state index contributed by atoms with van der Waals surface area (Å²) in [6.07, 6.45) is 17.3. The molecule has 0 aromatic heterocycles. The van der Waals surface area contributed by atoms with Gasteiger partial charge in [-0.25, -0.2) is 0 Å². The first kappa shape index (κ1) is 29.7. The molecule has 0 amide bonds. The Morgan fingerprint density at radius 2 is 0.760 bits per heavy atom. The third-order valence-electron chi connectivity index (χ3n) is 3.99. The predicted octanol–water partition coefficient (Wildman–Crippen LogP) is 5.77. The maximum absolute atomic E-state index is 10.1. The van der Waals surface area contributed by atoms with E-state index in [1.54, 1.807) is 0 Å². The van der Waals surface area contributed by atoms with Crippen LogP contribution in [0.25, 0.3) is 0 Å². The molecule has 4 nitrogen and oxygen atoms in total. The van der Waals surface area contributed by atoms with Gasteiger partial charge in [0.15, 0.2) is 0 Å². The fourth-order valence-electron chi connectivity index (χ4n) is 2.47. The molecule has 2 N–H and O–H groups in total. The van der Waals surface area contributed by atoms with Crippen molar-refractivity contribution in [2.24, 2.45) is 0 Å². The molecule has 146 valence electrons. The molecule has 0 radical (unpaired) electrons. The maximum atomic E-state index is 10.1. The van der Waals surface area contributed by atoms with Crippen molar-refractivity contribution in [2.45, 2.75) is 117 Å². The van der Waals surface area contributed by atoms with Crippen LogP contribution in [0.4, 0.5) is 0 Å². The standard InChI is InChI=1S/2C10H20O2.Na.H/c2*1-2-3-4-5-6-7-8-9-10(11)12;;/h2*2-9H2,1H3,(H,11,12);;. The van der Waals surface area contributed by atoms with E-state index in [0.29, 0.717) is 12.8 Å². The average Bonchev–Trinajstić information content (AvgIpc) is 2.53. The van der Waals surface area contributed by atoms with Crippen molar-refractivity contribution in [3.8, 4) is 0 Å². The number of hydrogen-bond acceptors (Lipinski definition) is 2. The summed E-state index contributed by atoms with van der Waals surface area (Å²) in [5.41, 5.74) is 0. The van der Waals surface area contributed by atoms with Crippen molar-refractivity contribution in [2.75, 3.05) is 0 Å². The zero-order valence-electron chi connectivity index (χ0n) is 16.0. The fourth-order valence-corrected chi connectivity index (χ4v) is 2.47. The van der Waals surface area contributed by atoms with Gasteiger partial charge in [0.2, 0.25) is 0 Å². The summed E-state index contributed by atoms with van der Waals surface area (Å²) in [5, 5.41) is 16.7. The number of carbonyl (C=O) groups is 2. The van der Waals surface area contributed by atoms with Crippen LogP contribution in [0.2, 0.25) is 0 Å².